The van der Waals surface area contributed by atoms with Gasteiger partial charge in [0.2, 0.25) is 0 Å². The van der Waals surface area contributed by atoms with Gasteiger partial charge in [-0.2, -0.15) is 0 Å². The maximum atomic E-state index is 6.22. The normalized spacial score (nSPS) is 19.4. The Bertz CT molecular complexity index is 421. The van der Waals surface area contributed by atoms with Crippen LogP contribution in [0.2, 0.25) is 0 Å². The van der Waals surface area contributed by atoms with Crippen molar-refractivity contribution in [3.8, 4) is 5.75 Å². The Morgan fingerprint density at radius 3 is 2.58 bits per heavy atom. The number of thioether (sulfide) groups is 1. The van der Waals surface area contributed by atoms with Crippen LogP contribution in [-0.2, 0) is 6.54 Å². The standard InChI is InChI=1S/C16H25NOS/c1-16(2)9-7-12(8-10-16)18-14-5-4-6-15(19-3)13(14)11-17/h4-6,12H,7-11,17H2,1-3H3. The predicted molar refractivity (Wildman–Crippen MR) is 82.8 cm³/mol. The van der Waals surface area contributed by atoms with Crippen LogP contribution in [0.3, 0.4) is 0 Å². The maximum Gasteiger partial charge on any atom is 0.125 e. The van der Waals surface area contributed by atoms with Crippen molar-refractivity contribution in [3.63, 3.8) is 0 Å². The van der Waals surface area contributed by atoms with Gasteiger partial charge in [0.25, 0.3) is 0 Å². The average molecular weight is 279 g/mol. The molecule has 1 saturated carbocycles. The number of nitrogens with two attached hydrogens (primary N) is 1. The molecule has 3 heteroatoms. The summed E-state index contributed by atoms with van der Waals surface area (Å²) in [4.78, 5) is 1.23. The SMILES string of the molecule is CSc1cccc(OC2CCC(C)(C)CC2)c1CN. The summed E-state index contributed by atoms with van der Waals surface area (Å²) in [5, 5.41) is 0. The highest BCUT2D eigenvalue weighted by Gasteiger charge is 2.28. The van der Waals surface area contributed by atoms with Gasteiger partial charge in [0.15, 0.2) is 0 Å². The molecule has 0 unspecified atom stereocenters. The molecule has 0 saturated heterocycles. The first kappa shape index (κ1) is 14.7. The van der Waals surface area contributed by atoms with E-state index >= 15 is 0 Å². The molecule has 0 aromatic heterocycles. The van der Waals surface area contributed by atoms with Crippen molar-refractivity contribution in [2.75, 3.05) is 6.26 Å². The van der Waals surface area contributed by atoms with Crippen LogP contribution in [0.4, 0.5) is 0 Å². The van der Waals surface area contributed by atoms with Gasteiger partial charge in [-0.25, -0.2) is 0 Å². The molecule has 106 valence electrons. The number of hydrogen-bond acceptors (Lipinski definition) is 3. The minimum absolute atomic E-state index is 0.357. The third-order valence-electron chi connectivity index (χ3n) is 4.09. The zero-order chi connectivity index (χ0) is 13.9. The van der Waals surface area contributed by atoms with E-state index in [4.69, 9.17) is 10.5 Å². The van der Waals surface area contributed by atoms with Gasteiger partial charge < -0.3 is 10.5 Å². The summed E-state index contributed by atoms with van der Waals surface area (Å²) in [6.45, 7) is 5.25. The molecular formula is C16H25NOS. The van der Waals surface area contributed by atoms with Gasteiger partial charge in [-0.3, -0.25) is 0 Å². The van der Waals surface area contributed by atoms with Crippen molar-refractivity contribution in [3.05, 3.63) is 23.8 Å². The summed E-state index contributed by atoms with van der Waals surface area (Å²) in [6.07, 6.45) is 7.24. The smallest absolute Gasteiger partial charge is 0.125 e. The molecule has 19 heavy (non-hydrogen) atoms. The van der Waals surface area contributed by atoms with Crippen LogP contribution in [0.15, 0.2) is 23.1 Å². The fraction of sp³-hybridized carbons (Fsp3) is 0.625. The van der Waals surface area contributed by atoms with Gasteiger partial charge in [0, 0.05) is 17.0 Å². The van der Waals surface area contributed by atoms with E-state index in [-0.39, 0.29) is 0 Å². The summed E-state index contributed by atoms with van der Waals surface area (Å²) in [5.41, 5.74) is 7.52. The summed E-state index contributed by atoms with van der Waals surface area (Å²) in [6, 6.07) is 6.23. The second-order valence-electron chi connectivity index (χ2n) is 6.12. The van der Waals surface area contributed by atoms with E-state index in [1.54, 1.807) is 11.8 Å². The lowest BCUT2D eigenvalue weighted by atomic mass is 9.76. The quantitative estimate of drug-likeness (QED) is 0.838. The maximum absolute atomic E-state index is 6.22. The summed E-state index contributed by atoms with van der Waals surface area (Å²) in [5.74, 6) is 0.985. The molecule has 1 aliphatic rings. The van der Waals surface area contributed by atoms with Crippen molar-refractivity contribution < 1.29 is 4.74 Å². The molecule has 0 atom stereocenters. The first-order valence-electron chi connectivity index (χ1n) is 7.08. The highest BCUT2D eigenvalue weighted by atomic mass is 32.2. The molecular weight excluding hydrogens is 254 g/mol. The summed E-state index contributed by atoms with van der Waals surface area (Å²) >= 11 is 1.74. The fourth-order valence-electron chi connectivity index (χ4n) is 2.72. The minimum Gasteiger partial charge on any atom is -0.490 e. The first-order valence-corrected chi connectivity index (χ1v) is 8.31. The van der Waals surface area contributed by atoms with Gasteiger partial charge in [-0.05, 0) is 49.5 Å². The highest BCUT2D eigenvalue weighted by molar-refractivity contribution is 7.98. The Morgan fingerprint density at radius 2 is 2.00 bits per heavy atom. The number of hydrogen-bond donors (Lipinski definition) is 1. The Morgan fingerprint density at radius 1 is 1.32 bits per heavy atom. The number of ether oxygens (including phenoxy) is 1. The second kappa shape index (κ2) is 6.19. The van der Waals surface area contributed by atoms with Gasteiger partial charge in [0.1, 0.15) is 5.75 Å². The van der Waals surface area contributed by atoms with Gasteiger partial charge >= 0.3 is 0 Å². The van der Waals surface area contributed by atoms with E-state index in [0.717, 1.165) is 24.2 Å². The first-order chi connectivity index (χ1) is 9.05. The molecule has 2 rings (SSSR count). The van der Waals surface area contributed by atoms with E-state index in [1.165, 1.54) is 17.7 Å². The average Bonchev–Trinajstić information content (AvgIpc) is 2.40. The van der Waals surface area contributed by atoms with Crippen molar-refractivity contribution in [2.45, 2.75) is 57.1 Å². The lowest BCUT2D eigenvalue weighted by Crippen LogP contribution is -2.28. The van der Waals surface area contributed by atoms with Crippen molar-refractivity contribution in [1.82, 2.24) is 0 Å². The molecule has 0 heterocycles. The van der Waals surface area contributed by atoms with Crippen LogP contribution >= 0.6 is 11.8 Å². The van der Waals surface area contributed by atoms with Crippen molar-refractivity contribution >= 4 is 11.8 Å². The van der Waals surface area contributed by atoms with Crippen LogP contribution in [0, 0.1) is 5.41 Å². The molecule has 1 fully saturated rings. The van der Waals surface area contributed by atoms with Crippen LogP contribution in [-0.4, -0.2) is 12.4 Å². The van der Waals surface area contributed by atoms with Crippen LogP contribution in [0.1, 0.15) is 45.1 Å². The third kappa shape index (κ3) is 3.67. The Balaban J connectivity index is 2.07. The van der Waals surface area contributed by atoms with Crippen molar-refractivity contribution in [2.24, 2.45) is 11.1 Å². The summed E-state index contributed by atoms with van der Waals surface area (Å²) in [7, 11) is 0. The predicted octanol–water partition coefficient (Wildman–Crippen LogP) is 4.21. The van der Waals surface area contributed by atoms with E-state index in [1.807, 2.05) is 0 Å². The lowest BCUT2D eigenvalue weighted by molar-refractivity contribution is 0.0977. The Labute approximate surface area is 121 Å². The molecule has 1 aromatic carbocycles. The molecule has 1 aromatic rings. The molecule has 0 aliphatic heterocycles. The molecule has 2 N–H and O–H groups in total. The van der Waals surface area contributed by atoms with Crippen LogP contribution in [0.25, 0.3) is 0 Å². The van der Waals surface area contributed by atoms with E-state index < -0.39 is 0 Å². The summed E-state index contributed by atoms with van der Waals surface area (Å²) < 4.78 is 6.22. The topological polar surface area (TPSA) is 35.2 Å². The Hall–Kier alpha value is -0.670. The van der Waals surface area contributed by atoms with E-state index in [0.29, 0.717) is 18.1 Å². The molecule has 1 aliphatic carbocycles. The van der Waals surface area contributed by atoms with Gasteiger partial charge in [0.05, 0.1) is 6.10 Å². The van der Waals surface area contributed by atoms with Gasteiger partial charge in [-0.1, -0.05) is 19.9 Å². The zero-order valence-electron chi connectivity index (χ0n) is 12.2. The second-order valence-corrected chi connectivity index (χ2v) is 6.97. The molecule has 2 nitrogen and oxygen atoms in total. The lowest BCUT2D eigenvalue weighted by Gasteiger charge is -2.34. The zero-order valence-corrected chi connectivity index (χ0v) is 13.1. The molecule has 0 radical (unpaired) electrons. The number of rotatable bonds is 4. The fourth-order valence-corrected chi connectivity index (χ4v) is 3.36. The van der Waals surface area contributed by atoms with Gasteiger partial charge in [-0.15, -0.1) is 11.8 Å². The largest absolute Gasteiger partial charge is 0.490 e. The van der Waals surface area contributed by atoms with Crippen LogP contribution in [0.5, 0.6) is 5.75 Å². The molecule has 0 amide bonds. The van der Waals surface area contributed by atoms with E-state index in [2.05, 4.69) is 38.3 Å². The highest BCUT2D eigenvalue weighted by Crippen LogP contribution is 2.37. The third-order valence-corrected chi connectivity index (χ3v) is 4.92. The monoisotopic (exact) mass is 279 g/mol. The van der Waals surface area contributed by atoms with Crippen molar-refractivity contribution in [1.29, 1.82) is 0 Å². The van der Waals surface area contributed by atoms with E-state index in [9.17, 15) is 0 Å². The number of benzene rings is 1. The molecule has 0 spiro atoms. The van der Waals surface area contributed by atoms with Crippen LogP contribution < -0.4 is 10.5 Å². The molecule has 0 bridgehead atoms. The Kier molecular flexibility index (Phi) is 4.80. The minimum atomic E-state index is 0.357.